The Hall–Kier alpha value is -1.79. The molecule has 2 heterocycles. The van der Waals surface area contributed by atoms with Crippen molar-refractivity contribution in [2.75, 3.05) is 31.6 Å². The molecular formula is C25H40N5O4SSi+. The lowest BCUT2D eigenvalue weighted by atomic mass is 9.99. The van der Waals surface area contributed by atoms with Crippen LogP contribution in [0.4, 0.5) is 11.6 Å². The van der Waals surface area contributed by atoms with Crippen LogP contribution in [0.15, 0.2) is 11.2 Å². The smallest absolute Gasteiger partial charge is 0.396 e. The average molecular weight is 535 g/mol. The molecule has 2 aliphatic carbocycles. The number of sulfonamides is 1. The third kappa shape index (κ3) is 5.26. The Labute approximate surface area is 215 Å². The molecule has 3 N–H and O–H groups in total. The molecule has 0 unspecified atom stereocenters. The van der Waals surface area contributed by atoms with Gasteiger partial charge in [-0.15, -0.1) is 4.68 Å². The Balaban J connectivity index is 1.46. The summed E-state index contributed by atoms with van der Waals surface area (Å²) in [7, 11) is -5.05. The summed E-state index contributed by atoms with van der Waals surface area (Å²) in [5, 5.41) is 16.0. The molecule has 3 aliphatic rings. The number of aliphatic hydroxyl groups excluding tert-OH is 1. The highest BCUT2D eigenvalue weighted by atomic mass is 32.2. The highest BCUT2D eigenvalue weighted by molar-refractivity contribution is 7.89. The number of H-pyrrole nitrogens is 1. The summed E-state index contributed by atoms with van der Waals surface area (Å²) < 4.78 is 35.9. The molecule has 11 heteroatoms. The van der Waals surface area contributed by atoms with Crippen molar-refractivity contribution in [2.24, 2.45) is 5.92 Å². The van der Waals surface area contributed by atoms with Crippen LogP contribution in [0.25, 0.3) is 0 Å². The number of hydrogen-bond acceptors (Lipinski definition) is 6. The lowest BCUT2D eigenvalue weighted by Crippen LogP contribution is -2.41. The van der Waals surface area contributed by atoms with E-state index in [1.54, 1.807) is 4.68 Å². The number of anilines is 2. The molecule has 9 nitrogen and oxygen atoms in total. The van der Waals surface area contributed by atoms with Crippen LogP contribution in [0, 0.1) is 5.92 Å². The molecule has 1 saturated heterocycles. The Morgan fingerprint density at radius 3 is 2.50 bits per heavy atom. The molecule has 0 spiro atoms. The molecule has 198 valence electrons. The lowest BCUT2D eigenvalue weighted by molar-refractivity contribution is -0.772. The Morgan fingerprint density at radius 1 is 1.19 bits per heavy atom. The fourth-order valence-corrected chi connectivity index (χ4v) is 7.74. The van der Waals surface area contributed by atoms with E-state index in [1.807, 2.05) is 0 Å². The van der Waals surface area contributed by atoms with E-state index in [0.29, 0.717) is 32.1 Å². The zero-order valence-corrected chi connectivity index (χ0v) is 23.6. The van der Waals surface area contributed by atoms with Gasteiger partial charge in [0.25, 0.3) is 10.0 Å². The van der Waals surface area contributed by atoms with E-state index < -0.39 is 18.1 Å². The highest BCUT2D eigenvalue weighted by Crippen LogP contribution is 2.39. The minimum Gasteiger partial charge on any atom is -0.396 e. The Bertz CT molecular complexity index is 1190. The maximum Gasteiger partial charge on any atom is 0.419 e. The van der Waals surface area contributed by atoms with Gasteiger partial charge >= 0.3 is 11.1 Å². The van der Waals surface area contributed by atoms with Crippen molar-refractivity contribution in [3.8, 4) is 0 Å². The summed E-state index contributed by atoms with van der Waals surface area (Å²) in [5.74, 6) is 0.438. The van der Waals surface area contributed by atoms with Crippen molar-refractivity contribution in [1.29, 1.82) is 0 Å². The second-order valence-corrected chi connectivity index (χ2v) is 19.2. The first-order valence-electron chi connectivity index (χ1n) is 13.3. The number of nitrogens with one attached hydrogen (secondary N) is 2. The molecule has 1 aromatic heterocycles. The SMILES string of the molecule is C[Si](C)(C)CCOC[n+]1[nH]c(S(=O)(=O)N2CC[C@H](CO)C2)nc1Nc1c2c(cc3c1CCC3)CCC2. The fraction of sp³-hybridized carbons (Fsp3) is 0.680. The average Bonchev–Trinajstić information content (AvgIpc) is 3.62. The summed E-state index contributed by atoms with van der Waals surface area (Å²) in [4.78, 5) is 4.58. The molecule has 1 aliphatic heterocycles. The molecule has 1 fully saturated rings. The second-order valence-electron chi connectivity index (χ2n) is 11.7. The first kappa shape index (κ1) is 25.8. The number of rotatable bonds is 10. The molecule has 5 rings (SSSR count). The van der Waals surface area contributed by atoms with Gasteiger partial charge in [-0.25, -0.2) is 18.8 Å². The fourth-order valence-electron chi connectivity index (χ4n) is 5.55. The van der Waals surface area contributed by atoms with Crippen LogP contribution in [0.2, 0.25) is 25.7 Å². The number of aliphatic hydroxyl groups is 1. The van der Waals surface area contributed by atoms with Crippen LogP contribution in [0.1, 0.15) is 41.5 Å². The first-order valence-corrected chi connectivity index (χ1v) is 18.4. The summed E-state index contributed by atoms with van der Waals surface area (Å²) >= 11 is 0. The predicted molar refractivity (Wildman–Crippen MR) is 141 cm³/mol. The largest absolute Gasteiger partial charge is 0.419 e. The molecule has 2 aromatic rings. The maximum absolute atomic E-state index is 13.4. The van der Waals surface area contributed by atoms with Gasteiger partial charge in [-0.3, -0.25) is 0 Å². The summed E-state index contributed by atoms with van der Waals surface area (Å²) in [6.45, 7) is 8.45. The summed E-state index contributed by atoms with van der Waals surface area (Å²) in [6.07, 6.45) is 7.20. The van der Waals surface area contributed by atoms with E-state index in [4.69, 9.17) is 4.74 Å². The van der Waals surface area contributed by atoms with Crippen LogP contribution >= 0.6 is 0 Å². The van der Waals surface area contributed by atoms with Crippen molar-refractivity contribution >= 4 is 29.7 Å². The zero-order chi connectivity index (χ0) is 25.5. The third-order valence-corrected chi connectivity index (χ3v) is 11.1. The summed E-state index contributed by atoms with van der Waals surface area (Å²) in [6, 6.07) is 3.42. The molecule has 1 atom stereocenters. The van der Waals surface area contributed by atoms with Crippen molar-refractivity contribution in [3.05, 3.63) is 28.3 Å². The summed E-state index contributed by atoms with van der Waals surface area (Å²) in [5.41, 5.74) is 6.63. The molecule has 0 amide bonds. The highest BCUT2D eigenvalue weighted by Gasteiger charge is 2.38. The molecule has 0 radical (unpaired) electrons. The monoisotopic (exact) mass is 534 g/mol. The number of nitrogens with zero attached hydrogens (tertiary/aromatic N) is 3. The van der Waals surface area contributed by atoms with E-state index in [2.05, 4.69) is 41.1 Å². The van der Waals surface area contributed by atoms with Gasteiger partial charge in [0.1, 0.15) is 5.69 Å². The van der Waals surface area contributed by atoms with Crippen molar-refractivity contribution in [2.45, 2.75) is 82.5 Å². The van der Waals surface area contributed by atoms with Gasteiger partial charge in [0.2, 0.25) is 0 Å². The normalized spacial score (nSPS) is 20.2. The van der Waals surface area contributed by atoms with Crippen molar-refractivity contribution in [1.82, 2.24) is 14.4 Å². The first-order chi connectivity index (χ1) is 17.2. The van der Waals surface area contributed by atoms with Crippen LogP contribution < -0.4 is 10.00 Å². The van der Waals surface area contributed by atoms with Crippen LogP contribution in [-0.2, 0) is 47.2 Å². The van der Waals surface area contributed by atoms with E-state index in [9.17, 15) is 13.5 Å². The van der Waals surface area contributed by atoms with E-state index in [-0.39, 0.29) is 24.4 Å². The van der Waals surface area contributed by atoms with Gasteiger partial charge in [0.15, 0.2) is 6.73 Å². The number of fused-ring (bicyclic) bond motifs is 2. The van der Waals surface area contributed by atoms with Gasteiger partial charge < -0.3 is 9.84 Å². The molecular weight excluding hydrogens is 494 g/mol. The Kier molecular flexibility index (Phi) is 7.30. The van der Waals surface area contributed by atoms with E-state index in [0.717, 1.165) is 50.3 Å². The number of aryl methyl sites for hydroxylation is 2. The van der Waals surface area contributed by atoms with Gasteiger partial charge in [-0.2, -0.15) is 4.31 Å². The number of aromatic amines is 1. The quantitative estimate of drug-likeness (QED) is 0.246. The Morgan fingerprint density at radius 2 is 1.89 bits per heavy atom. The zero-order valence-electron chi connectivity index (χ0n) is 21.8. The van der Waals surface area contributed by atoms with Crippen LogP contribution in [0.5, 0.6) is 0 Å². The minimum atomic E-state index is -3.81. The van der Waals surface area contributed by atoms with Crippen LogP contribution in [0.3, 0.4) is 0 Å². The molecule has 0 bridgehead atoms. The number of aromatic nitrogens is 3. The predicted octanol–water partition coefficient (Wildman–Crippen LogP) is 2.73. The topological polar surface area (TPSA) is 111 Å². The standard InChI is InChI=1S/C25H39N5O4SSi/c1-36(2,3)13-12-34-17-30-24(27-25(28-30)35(32,33)29-11-10-18(15-29)16-31)26-23-21-8-4-6-19(21)14-20-7-5-9-22(20)23/h14,18,31H,4-13,15-17H2,1-3H3,(H,26,27,28)/p+1/t18-/m0/s1. The van der Waals surface area contributed by atoms with Gasteiger partial charge in [-0.1, -0.05) is 25.7 Å². The number of benzene rings is 1. The van der Waals surface area contributed by atoms with Gasteiger partial charge in [0, 0.05) is 34.4 Å². The van der Waals surface area contributed by atoms with E-state index >= 15 is 0 Å². The molecule has 0 saturated carbocycles. The minimum absolute atomic E-state index is 0.00780. The van der Waals surface area contributed by atoms with Gasteiger partial charge in [0.05, 0.1) is 0 Å². The maximum atomic E-state index is 13.4. The number of ether oxygens (including phenoxy) is 1. The molecule has 1 aromatic carbocycles. The molecule has 36 heavy (non-hydrogen) atoms. The lowest BCUT2D eigenvalue weighted by Gasteiger charge is -2.15. The second kappa shape index (κ2) is 10.2. The number of hydrogen-bond donors (Lipinski definition) is 3. The van der Waals surface area contributed by atoms with Crippen molar-refractivity contribution < 1.29 is 22.9 Å². The van der Waals surface area contributed by atoms with Crippen LogP contribution in [-0.4, -0.2) is 62.3 Å². The van der Waals surface area contributed by atoms with Crippen molar-refractivity contribution in [3.63, 3.8) is 0 Å². The third-order valence-electron chi connectivity index (χ3n) is 7.71. The van der Waals surface area contributed by atoms with E-state index in [1.165, 1.54) is 26.6 Å². The van der Waals surface area contributed by atoms with Gasteiger partial charge in [-0.05, 0) is 84.1 Å².